The number of benzene rings is 4. The third kappa shape index (κ3) is 11.8. The number of Topliss-reactive ketones (excluding diaryl/α,β-unsaturated/α-hetero) is 1. The van der Waals surface area contributed by atoms with E-state index in [-0.39, 0.29) is 29.3 Å². The second-order valence-electron chi connectivity index (χ2n) is 18.7. The van der Waals surface area contributed by atoms with Crippen LogP contribution in [0.5, 0.6) is 23.0 Å². The zero-order chi connectivity index (χ0) is 47.4. The van der Waals surface area contributed by atoms with Gasteiger partial charge in [-0.25, -0.2) is 8.78 Å². The topological polar surface area (TPSA) is 113 Å². The number of ether oxygens (including phenoxy) is 4. The van der Waals surface area contributed by atoms with Gasteiger partial charge in [0.2, 0.25) is 0 Å². The summed E-state index contributed by atoms with van der Waals surface area (Å²) >= 11 is 0. The fourth-order valence-corrected chi connectivity index (χ4v) is 10.3. The molecule has 2 fully saturated rings. The molecule has 0 amide bonds. The summed E-state index contributed by atoms with van der Waals surface area (Å²) in [5.74, 6) is 2.19. The summed E-state index contributed by atoms with van der Waals surface area (Å²) in [4.78, 5) is 19.8. The standard InChI is InChI=1S/C55H68F2N4O7/c1-5-7-11-43(39-13-19-47(51(33-39)63-3)65-31-9-25-60-27-21-37(22-28-60)53-45-17-15-41(56)35-49(45)67-58-53)55(62)44(12-8-6-2)40-14-20-48(52(34-40)64-4)66-32-10-26-61-29-23-38(24-30-61)54-46-18-16-42(57)36-50(46)68-59-54/h13-20,33-38,43-44H,5-12,21-32H2,1-4H3. The Morgan fingerprint density at radius 1 is 0.603 bits per heavy atom. The van der Waals surface area contributed by atoms with E-state index >= 15 is 0 Å². The number of aromatic nitrogens is 2. The van der Waals surface area contributed by atoms with Crippen molar-refractivity contribution in [2.24, 2.45) is 0 Å². The number of nitrogens with zero attached hydrogens (tertiary/aromatic N) is 4. The van der Waals surface area contributed by atoms with Crippen molar-refractivity contribution in [1.82, 2.24) is 20.1 Å². The number of rotatable bonds is 24. The van der Waals surface area contributed by atoms with E-state index in [1.165, 1.54) is 24.3 Å². The van der Waals surface area contributed by atoms with Gasteiger partial charge < -0.3 is 37.8 Å². The highest BCUT2D eigenvalue weighted by Crippen LogP contribution is 2.40. The highest BCUT2D eigenvalue weighted by Gasteiger charge is 2.31. The first-order valence-electron chi connectivity index (χ1n) is 25.0. The SMILES string of the molecule is CCCCC(C(=O)C(CCCC)c1ccc(OCCCN2CCC(c3noc4cc(F)ccc34)CC2)c(OC)c1)c1ccc(OCCCN2CCC(c3noc4cc(F)ccc34)CC2)c(OC)c1. The monoisotopic (exact) mass is 935 g/mol. The smallest absolute Gasteiger partial charge is 0.170 e. The van der Waals surface area contributed by atoms with E-state index in [0.717, 1.165) is 150 Å². The van der Waals surface area contributed by atoms with Crippen LogP contribution in [-0.4, -0.2) is 92.6 Å². The zero-order valence-corrected chi connectivity index (χ0v) is 40.3. The largest absolute Gasteiger partial charge is 0.493 e. The minimum absolute atomic E-state index is 0.210. The van der Waals surface area contributed by atoms with Gasteiger partial charge in [-0.1, -0.05) is 62.0 Å². The van der Waals surface area contributed by atoms with Gasteiger partial charge in [-0.2, -0.15) is 0 Å². The Morgan fingerprint density at radius 3 is 1.43 bits per heavy atom. The van der Waals surface area contributed by atoms with Gasteiger partial charge in [0.1, 0.15) is 17.4 Å². The number of halogens is 2. The summed E-state index contributed by atoms with van der Waals surface area (Å²) in [5, 5.41) is 10.4. The first-order chi connectivity index (χ1) is 33.3. The molecule has 2 atom stereocenters. The average molecular weight is 935 g/mol. The minimum atomic E-state index is -0.316. The van der Waals surface area contributed by atoms with Crippen molar-refractivity contribution in [3.8, 4) is 23.0 Å². The van der Waals surface area contributed by atoms with E-state index in [0.29, 0.717) is 59.2 Å². The van der Waals surface area contributed by atoms with Gasteiger partial charge in [-0.05, 0) is 137 Å². The number of hydrogen-bond acceptors (Lipinski definition) is 11. The van der Waals surface area contributed by atoms with E-state index in [9.17, 15) is 13.6 Å². The summed E-state index contributed by atoms with van der Waals surface area (Å²) in [5.41, 5.74) is 4.76. The summed E-state index contributed by atoms with van der Waals surface area (Å²) < 4.78 is 62.6. The zero-order valence-electron chi connectivity index (χ0n) is 40.3. The summed E-state index contributed by atoms with van der Waals surface area (Å²) in [6.07, 6.45) is 10.9. The summed E-state index contributed by atoms with van der Waals surface area (Å²) in [6.45, 7) is 11.1. The number of likely N-dealkylation sites (tertiary alicyclic amines) is 2. The van der Waals surface area contributed by atoms with Crippen LogP contribution < -0.4 is 18.9 Å². The van der Waals surface area contributed by atoms with Crippen LogP contribution in [0.25, 0.3) is 21.9 Å². The highest BCUT2D eigenvalue weighted by atomic mass is 19.1. The van der Waals surface area contributed by atoms with Crippen LogP contribution in [0, 0.1) is 11.6 Å². The van der Waals surface area contributed by atoms with Crippen molar-refractivity contribution in [2.45, 2.75) is 115 Å². The molecule has 13 heteroatoms. The van der Waals surface area contributed by atoms with E-state index in [1.54, 1.807) is 26.4 Å². The molecule has 6 aromatic rings. The Balaban J connectivity index is 0.834. The van der Waals surface area contributed by atoms with Crippen LogP contribution >= 0.6 is 0 Å². The highest BCUT2D eigenvalue weighted by molar-refractivity contribution is 5.92. The molecule has 0 saturated carbocycles. The molecular formula is C55H68F2N4O7. The van der Waals surface area contributed by atoms with Crippen molar-refractivity contribution in [2.75, 3.05) is 66.7 Å². The first-order valence-corrected chi connectivity index (χ1v) is 25.0. The molecule has 0 aliphatic carbocycles. The molecule has 4 aromatic carbocycles. The van der Waals surface area contributed by atoms with Crippen molar-refractivity contribution in [1.29, 1.82) is 0 Å². The Hall–Kier alpha value is -5.53. The maximum atomic E-state index is 14.9. The van der Waals surface area contributed by atoms with E-state index in [4.69, 9.17) is 28.0 Å². The lowest BCUT2D eigenvalue weighted by molar-refractivity contribution is -0.122. The Labute approximate surface area is 399 Å². The molecule has 0 N–H and O–H groups in total. The normalized spacial score (nSPS) is 16.3. The number of ketones is 1. The van der Waals surface area contributed by atoms with Crippen LogP contribution in [0.1, 0.15) is 137 Å². The number of carbonyl (C=O) groups excluding carboxylic acids is 1. The number of hydrogen-bond donors (Lipinski definition) is 0. The molecule has 8 rings (SSSR count). The summed E-state index contributed by atoms with van der Waals surface area (Å²) in [7, 11) is 3.31. The molecule has 0 spiro atoms. The molecule has 364 valence electrons. The molecule has 68 heavy (non-hydrogen) atoms. The number of piperidine rings is 2. The van der Waals surface area contributed by atoms with Gasteiger partial charge >= 0.3 is 0 Å². The lowest BCUT2D eigenvalue weighted by Crippen LogP contribution is -2.34. The molecule has 2 aliphatic rings. The number of methoxy groups -OCH3 is 2. The predicted molar refractivity (Wildman–Crippen MR) is 261 cm³/mol. The molecular weight excluding hydrogens is 867 g/mol. The molecule has 2 aliphatic heterocycles. The van der Waals surface area contributed by atoms with E-state index in [2.05, 4.69) is 34.0 Å². The van der Waals surface area contributed by atoms with Gasteiger partial charge in [0, 0.05) is 59.7 Å². The molecule has 4 heterocycles. The second kappa shape index (κ2) is 23.7. The van der Waals surface area contributed by atoms with E-state index < -0.39 is 0 Å². The number of unbranched alkanes of at least 4 members (excludes halogenated alkanes) is 2. The molecule has 0 radical (unpaired) electrons. The lowest BCUT2D eigenvalue weighted by atomic mass is 9.79. The first kappa shape index (κ1) is 48.9. The Kier molecular flexibility index (Phi) is 17.0. The van der Waals surface area contributed by atoms with Crippen LogP contribution in [0.3, 0.4) is 0 Å². The minimum Gasteiger partial charge on any atom is -0.493 e. The van der Waals surface area contributed by atoms with E-state index in [1.807, 2.05) is 36.4 Å². The predicted octanol–water partition coefficient (Wildman–Crippen LogP) is 12.4. The third-order valence-corrected chi connectivity index (χ3v) is 14.2. The fourth-order valence-electron chi connectivity index (χ4n) is 10.3. The van der Waals surface area contributed by atoms with Crippen LogP contribution in [0.15, 0.2) is 81.8 Å². The van der Waals surface area contributed by atoms with Gasteiger partial charge in [-0.15, -0.1) is 0 Å². The van der Waals surface area contributed by atoms with Crippen LogP contribution in [0.4, 0.5) is 8.78 Å². The van der Waals surface area contributed by atoms with Gasteiger partial charge in [0.15, 0.2) is 34.2 Å². The average Bonchev–Trinajstić information content (AvgIpc) is 3.99. The van der Waals surface area contributed by atoms with Gasteiger partial charge in [0.05, 0.1) is 38.8 Å². The third-order valence-electron chi connectivity index (χ3n) is 14.2. The van der Waals surface area contributed by atoms with Crippen molar-refractivity contribution in [3.05, 3.63) is 107 Å². The molecule has 0 bridgehead atoms. The van der Waals surface area contributed by atoms with Crippen molar-refractivity contribution in [3.63, 3.8) is 0 Å². The lowest BCUT2D eigenvalue weighted by Gasteiger charge is -2.31. The number of fused-ring (bicyclic) bond motifs is 2. The molecule has 2 aromatic heterocycles. The van der Waals surface area contributed by atoms with Gasteiger partial charge in [-0.3, -0.25) is 4.79 Å². The summed E-state index contributed by atoms with van der Waals surface area (Å²) in [6, 6.07) is 21.3. The van der Waals surface area contributed by atoms with Crippen LogP contribution in [0.2, 0.25) is 0 Å². The number of carbonyl (C=O) groups is 1. The van der Waals surface area contributed by atoms with Crippen molar-refractivity contribution >= 4 is 27.7 Å². The maximum Gasteiger partial charge on any atom is 0.170 e. The fraction of sp³-hybridized carbons (Fsp3) is 0.509. The Morgan fingerprint density at radius 2 is 1.03 bits per heavy atom. The molecule has 11 nitrogen and oxygen atoms in total. The van der Waals surface area contributed by atoms with Crippen molar-refractivity contribution < 1.29 is 41.6 Å². The second-order valence-corrected chi connectivity index (χ2v) is 18.7. The molecule has 2 unspecified atom stereocenters. The quantitative estimate of drug-likeness (QED) is 0.0541. The Bertz CT molecular complexity index is 2390. The maximum absolute atomic E-state index is 14.9. The molecule has 2 saturated heterocycles. The van der Waals surface area contributed by atoms with Crippen LogP contribution in [-0.2, 0) is 4.79 Å². The van der Waals surface area contributed by atoms with Gasteiger partial charge in [0.25, 0.3) is 0 Å².